The van der Waals surface area contributed by atoms with Crippen LogP contribution in [-0.4, -0.2) is 51.2 Å². The molecule has 1 N–H and O–H groups in total. The number of carbonyl (C=O) groups excluding carboxylic acids is 1. The van der Waals surface area contributed by atoms with Gasteiger partial charge in [-0.15, -0.1) is 11.3 Å². The second-order valence-corrected chi connectivity index (χ2v) is 7.69. The summed E-state index contributed by atoms with van der Waals surface area (Å²) in [5.74, 6) is -0.329. The molecule has 1 saturated heterocycles. The van der Waals surface area contributed by atoms with Crippen molar-refractivity contribution in [3.05, 3.63) is 53.6 Å². The lowest BCUT2D eigenvalue weighted by Crippen LogP contribution is -2.42. The molecule has 0 spiro atoms. The van der Waals surface area contributed by atoms with Crippen molar-refractivity contribution >= 4 is 17.2 Å². The summed E-state index contributed by atoms with van der Waals surface area (Å²) < 4.78 is 15.0. The van der Waals surface area contributed by atoms with Gasteiger partial charge in [-0.2, -0.15) is 5.10 Å². The normalized spacial score (nSPS) is 16.4. The molecule has 0 aliphatic carbocycles. The molecule has 0 radical (unpaired) electrons. The quantitative estimate of drug-likeness (QED) is 0.691. The maximum atomic E-state index is 13.4. The van der Waals surface area contributed by atoms with Crippen LogP contribution in [0.4, 0.5) is 4.39 Å². The van der Waals surface area contributed by atoms with Crippen LogP contribution in [0.1, 0.15) is 30.3 Å². The number of amides is 1. The summed E-state index contributed by atoms with van der Waals surface area (Å²) >= 11 is 1.42. The second-order valence-electron chi connectivity index (χ2n) is 6.84. The highest BCUT2D eigenvalue weighted by Crippen LogP contribution is 2.25. The molecule has 1 aliphatic rings. The van der Waals surface area contributed by atoms with Crippen molar-refractivity contribution in [3.8, 4) is 16.3 Å². The van der Waals surface area contributed by atoms with E-state index in [1.165, 1.54) is 23.5 Å². The summed E-state index contributed by atoms with van der Waals surface area (Å²) in [4.78, 5) is 19.5. The van der Waals surface area contributed by atoms with E-state index in [1.807, 2.05) is 10.3 Å². The molecule has 1 atom stereocenters. The van der Waals surface area contributed by atoms with Crippen molar-refractivity contribution in [2.45, 2.75) is 25.8 Å². The van der Waals surface area contributed by atoms with Gasteiger partial charge >= 0.3 is 0 Å². The zero-order chi connectivity index (χ0) is 19.5. The highest BCUT2D eigenvalue weighted by molar-refractivity contribution is 7.13. The van der Waals surface area contributed by atoms with E-state index in [2.05, 4.69) is 22.3 Å². The highest BCUT2D eigenvalue weighted by Gasteiger charge is 2.28. The van der Waals surface area contributed by atoms with Crippen molar-refractivity contribution in [1.29, 1.82) is 0 Å². The lowest BCUT2D eigenvalue weighted by atomic mass is 10.2. The predicted molar refractivity (Wildman–Crippen MR) is 107 cm³/mol. The van der Waals surface area contributed by atoms with Crippen molar-refractivity contribution in [3.63, 3.8) is 0 Å². The third-order valence-electron chi connectivity index (χ3n) is 4.83. The van der Waals surface area contributed by atoms with Gasteiger partial charge in [0.15, 0.2) is 0 Å². The average molecular weight is 399 g/mol. The molecule has 146 valence electrons. The molecule has 0 bridgehead atoms. The van der Waals surface area contributed by atoms with Crippen LogP contribution in [0.2, 0.25) is 0 Å². The van der Waals surface area contributed by atoms with Gasteiger partial charge in [-0.25, -0.2) is 14.1 Å². The topological polar surface area (TPSA) is 63.1 Å². The standard InChI is InChI=1S/C20H22FN5OS/c1-2-8-25(17-6-7-22-11-17)20(27)18-13-28-19(24-18)14-10-23-26(12-14)16-5-3-4-15(21)9-16/h3-5,9-10,12-13,17,22H,2,6-8,11H2,1H3/t17-/m0/s1. The van der Waals surface area contributed by atoms with Gasteiger partial charge in [0.1, 0.15) is 16.5 Å². The van der Waals surface area contributed by atoms with E-state index in [-0.39, 0.29) is 17.8 Å². The lowest BCUT2D eigenvalue weighted by Gasteiger charge is -2.27. The van der Waals surface area contributed by atoms with E-state index in [9.17, 15) is 9.18 Å². The molecule has 1 amide bonds. The summed E-state index contributed by atoms with van der Waals surface area (Å²) in [5, 5.41) is 10.2. The fraction of sp³-hybridized carbons (Fsp3) is 0.350. The minimum Gasteiger partial charge on any atom is -0.333 e. The third-order valence-corrected chi connectivity index (χ3v) is 5.72. The maximum absolute atomic E-state index is 13.4. The summed E-state index contributed by atoms with van der Waals surface area (Å²) in [6.07, 6.45) is 5.37. The van der Waals surface area contributed by atoms with Crippen LogP contribution in [0.25, 0.3) is 16.3 Å². The fourth-order valence-corrected chi connectivity index (χ4v) is 4.21. The maximum Gasteiger partial charge on any atom is 0.273 e. The number of nitrogens with one attached hydrogen (secondary N) is 1. The molecule has 0 unspecified atom stereocenters. The van der Waals surface area contributed by atoms with Gasteiger partial charge in [0.25, 0.3) is 5.91 Å². The van der Waals surface area contributed by atoms with E-state index in [0.29, 0.717) is 11.4 Å². The molecule has 0 saturated carbocycles. The van der Waals surface area contributed by atoms with Crippen LogP contribution in [0.15, 0.2) is 42.0 Å². The molecule has 4 rings (SSSR count). The molecule has 6 nitrogen and oxygen atoms in total. The molecular weight excluding hydrogens is 377 g/mol. The van der Waals surface area contributed by atoms with E-state index in [1.54, 1.807) is 29.2 Å². The third kappa shape index (κ3) is 3.83. The molecule has 28 heavy (non-hydrogen) atoms. The van der Waals surface area contributed by atoms with Gasteiger partial charge in [0, 0.05) is 36.3 Å². The van der Waals surface area contributed by atoms with Crippen LogP contribution in [0.3, 0.4) is 0 Å². The Morgan fingerprint density at radius 1 is 1.46 bits per heavy atom. The largest absolute Gasteiger partial charge is 0.333 e. The predicted octanol–water partition coefficient (Wildman–Crippen LogP) is 3.35. The minimum atomic E-state index is -0.311. The van der Waals surface area contributed by atoms with Gasteiger partial charge < -0.3 is 10.2 Å². The van der Waals surface area contributed by atoms with Crippen LogP contribution in [0, 0.1) is 5.82 Å². The van der Waals surface area contributed by atoms with Crippen molar-refractivity contribution < 1.29 is 9.18 Å². The number of carbonyl (C=O) groups is 1. The molecule has 1 aromatic carbocycles. The van der Waals surface area contributed by atoms with Gasteiger partial charge in [-0.05, 0) is 37.6 Å². The summed E-state index contributed by atoms with van der Waals surface area (Å²) in [5.41, 5.74) is 1.92. The summed E-state index contributed by atoms with van der Waals surface area (Å²) in [7, 11) is 0. The van der Waals surface area contributed by atoms with Crippen molar-refractivity contribution in [2.24, 2.45) is 0 Å². The SMILES string of the molecule is CCCN(C(=O)c1csc(-c2cnn(-c3cccc(F)c3)c2)n1)[C@H]1CCNC1. The van der Waals surface area contributed by atoms with Gasteiger partial charge in [0.2, 0.25) is 0 Å². The first-order chi connectivity index (χ1) is 13.7. The second kappa shape index (κ2) is 8.20. The summed E-state index contributed by atoms with van der Waals surface area (Å²) in [6, 6.07) is 6.48. The monoisotopic (exact) mass is 399 g/mol. The number of aromatic nitrogens is 3. The van der Waals surface area contributed by atoms with Gasteiger partial charge in [-0.3, -0.25) is 4.79 Å². The van der Waals surface area contributed by atoms with E-state index < -0.39 is 0 Å². The van der Waals surface area contributed by atoms with E-state index in [4.69, 9.17) is 0 Å². The number of rotatable bonds is 6. The Labute approximate surface area is 167 Å². The number of benzene rings is 1. The Balaban J connectivity index is 1.55. The number of hydrogen-bond donors (Lipinski definition) is 1. The number of hydrogen-bond acceptors (Lipinski definition) is 5. The molecule has 8 heteroatoms. The van der Waals surface area contributed by atoms with Crippen LogP contribution in [-0.2, 0) is 0 Å². The lowest BCUT2D eigenvalue weighted by molar-refractivity contribution is 0.0687. The average Bonchev–Trinajstić information content (AvgIpc) is 3.46. The zero-order valence-corrected chi connectivity index (χ0v) is 16.5. The minimum absolute atomic E-state index is 0.0180. The van der Waals surface area contributed by atoms with Crippen molar-refractivity contribution in [1.82, 2.24) is 25.0 Å². The first-order valence-electron chi connectivity index (χ1n) is 9.44. The van der Waals surface area contributed by atoms with Gasteiger partial charge in [0.05, 0.1) is 11.9 Å². The smallest absolute Gasteiger partial charge is 0.273 e. The van der Waals surface area contributed by atoms with Crippen LogP contribution < -0.4 is 5.32 Å². The first kappa shape index (κ1) is 18.8. The number of halogens is 1. The summed E-state index contributed by atoms with van der Waals surface area (Å²) in [6.45, 7) is 4.59. The molecule has 1 aliphatic heterocycles. The molecule has 1 fully saturated rings. The van der Waals surface area contributed by atoms with Crippen molar-refractivity contribution in [2.75, 3.05) is 19.6 Å². The van der Waals surface area contributed by atoms with E-state index >= 15 is 0 Å². The Morgan fingerprint density at radius 2 is 2.36 bits per heavy atom. The molecule has 2 aromatic heterocycles. The Hall–Kier alpha value is -2.58. The Kier molecular flexibility index (Phi) is 5.50. The highest BCUT2D eigenvalue weighted by atomic mass is 32.1. The Morgan fingerprint density at radius 3 is 3.11 bits per heavy atom. The molecular formula is C20H22FN5OS. The van der Waals surface area contributed by atoms with Crippen LogP contribution >= 0.6 is 11.3 Å². The number of nitrogens with zero attached hydrogens (tertiary/aromatic N) is 4. The zero-order valence-electron chi connectivity index (χ0n) is 15.6. The number of thiazole rings is 1. The molecule has 3 heterocycles. The first-order valence-corrected chi connectivity index (χ1v) is 10.3. The fourth-order valence-electron chi connectivity index (χ4n) is 3.44. The van der Waals surface area contributed by atoms with Crippen LogP contribution in [0.5, 0.6) is 0 Å². The Bertz CT molecular complexity index is 963. The molecule has 3 aromatic rings. The van der Waals surface area contributed by atoms with E-state index in [0.717, 1.165) is 43.0 Å². The van der Waals surface area contributed by atoms with Gasteiger partial charge in [-0.1, -0.05) is 13.0 Å².